The number of nitrogens with zero attached hydrogens (tertiary/aromatic N) is 2. The first-order valence-electron chi connectivity index (χ1n) is 34.2. The molecule has 0 saturated carbocycles. The number of aliphatic hydroxyl groups is 4. The highest BCUT2D eigenvalue weighted by Crippen LogP contribution is 2.43. The average Bonchev–Trinajstić information content (AvgIpc) is 1.65. The summed E-state index contributed by atoms with van der Waals surface area (Å²) in [7, 11) is 0. The molecule has 105 heavy (non-hydrogen) atoms. The minimum absolute atomic E-state index is 0.0762. The summed E-state index contributed by atoms with van der Waals surface area (Å²) in [5.74, 6) is -10.8. The Morgan fingerprint density at radius 1 is 0.362 bits per heavy atom. The lowest BCUT2D eigenvalue weighted by atomic mass is 9.92. The van der Waals surface area contributed by atoms with Gasteiger partial charge >= 0.3 is 41.8 Å². The van der Waals surface area contributed by atoms with Crippen molar-refractivity contribution in [1.29, 1.82) is 0 Å². The van der Waals surface area contributed by atoms with Crippen molar-refractivity contribution in [2.24, 2.45) is 21.7 Å². The van der Waals surface area contributed by atoms with Crippen LogP contribution in [0.25, 0.3) is 0 Å². The molecule has 0 aromatic heterocycles. The maximum absolute atomic E-state index is 15.2. The number of hydrogen-bond acceptors (Lipinski definition) is 30. The van der Waals surface area contributed by atoms with Gasteiger partial charge in [-0.25, -0.2) is 0 Å². The Kier molecular flexibility index (Phi) is 25.0. The van der Waals surface area contributed by atoms with Crippen LogP contribution in [0.1, 0.15) is 151 Å². The van der Waals surface area contributed by atoms with E-state index in [1.165, 1.54) is 111 Å². The van der Waals surface area contributed by atoms with Gasteiger partial charge in [-0.05, 0) is 113 Å². The van der Waals surface area contributed by atoms with Gasteiger partial charge in [-0.3, -0.25) is 62.5 Å². The Morgan fingerprint density at radius 3 is 1.07 bits per heavy atom. The summed E-state index contributed by atoms with van der Waals surface area (Å²) >= 11 is 0. The largest absolute Gasteiger partial charge is 0.462 e. The number of rotatable bonds is 22. The summed E-state index contributed by atoms with van der Waals surface area (Å²) in [6, 6.07) is 15.7. The molecule has 0 aliphatic carbocycles. The second-order valence-corrected chi connectivity index (χ2v) is 30.4. The van der Waals surface area contributed by atoms with Crippen molar-refractivity contribution in [1.82, 2.24) is 9.80 Å². The van der Waals surface area contributed by atoms with Crippen molar-refractivity contribution in [2.45, 2.75) is 233 Å². The first-order chi connectivity index (χ1) is 49.1. The summed E-state index contributed by atoms with van der Waals surface area (Å²) in [6.45, 7) is 17.4. The van der Waals surface area contributed by atoms with Crippen LogP contribution in [0.5, 0.6) is 0 Å². The molecular formula is C73H92N2O30. The lowest BCUT2D eigenvalue weighted by Gasteiger charge is -2.52. The molecule has 0 unspecified atom stereocenters. The molecule has 6 heterocycles. The molecule has 0 bridgehead atoms. The summed E-state index contributed by atoms with van der Waals surface area (Å²) in [4.78, 5) is 158. The number of benzene rings is 3. The van der Waals surface area contributed by atoms with E-state index in [2.05, 4.69) is 0 Å². The third kappa shape index (κ3) is 18.2. The maximum atomic E-state index is 15.2. The van der Waals surface area contributed by atoms with E-state index in [1.54, 1.807) is 51.1 Å². The molecule has 3 aromatic rings. The van der Waals surface area contributed by atoms with Gasteiger partial charge in [0.2, 0.25) is 0 Å². The van der Waals surface area contributed by atoms with E-state index in [0.29, 0.717) is 10.5 Å². The predicted octanol–water partition coefficient (Wildman–Crippen LogP) is 3.18. The smallest absolute Gasteiger partial charge is 0.311 e. The Bertz CT molecular complexity index is 3650. The van der Waals surface area contributed by atoms with Crippen LogP contribution in [0.15, 0.2) is 78.9 Å². The molecule has 574 valence electrons. The first kappa shape index (κ1) is 80.8. The van der Waals surface area contributed by atoms with Gasteiger partial charge in [-0.15, -0.1) is 0 Å². The lowest BCUT2D eigenvalue weighted by molar-refractivity contribution is -0.381. The fourth-order valence-electron chi connectivity index (χ4n) is 12.3. The molecule has 6 aliphatic rings. The van der Waals surface area contributed by atoms with Gasteiger partial charge in [0, 0.05) is 20.8 Å². The molecule has 0 radical (unpaired) electrons. The Morgan fingerprint density at radius 2 is 0.676 bits per heavy atom. The number of carbonyl (C=O) groups excluding carboxylic acids is 11. The number of esters is 7. The van der Waals surface area contributed by atoms with E-state index < -0.39 is 236 Å². The van der Waals surface area contributed by atoms with Gasteiger partial charge in [0.25, 0.3) is 23.6 Å². The van der Waals surface area contributed by atoms with E-state index in [1.807, 2.05) is 0 Å². The lowest BCUT2D eigenvalue weighted by Crippen LogP contribution is -2.71. The number of fused-ring (bicyclic) bond motifs is 2. The Balaban J connectivity index is 1.22. The van der Waals surface area contributed by atoms with E-state index in [-0.39, 0.29) is 28.9 Å². The second kappa shape index (κ2) is 32.5. The normalized spacial score (nSPS) is 30.7. The fraction of sp³-hybridized carbons (Fsp3) is 0.603. The SMILES string of the molecule is CC(=O)O[C@H]1[C@H](O[C@H]2[C@H](OC(C)=O)[C@@H](N3C(=O)c4ccccc4C3=O)[C@H](OCc3ccccc3)O[C@@H]2COC(=O)C(C)(C)C)O[C@H](COC(=O)C(C)(C)C)[C@H](O)[C@@H]1O[C@@H]1O[C@H](COC(=O)C(C)(C)C)[C@@H](O[C@@H]2O[C@H](COC(=O)C(C)(C)C)[C@H](O)[C@H](O)[C@H]2O)[C@H](OC(C)=O)[C@H]1N1C(=O)c2ccccc2C1=O. The van der Waals surface area contributed by atoms with Gasteiger partial charge in [0.1, 0.15) is 106 Å². The molecule has 32 nitrogen and oxygen atoms in total. The second-order valence-electron chi connectivity index (χ2n) is 30.4. The van der Waals surface area contributed by atoms with Crippen molar-refractivity contribution in [3.63, 3.8) is 0 Å². The first-order valence-corrected chi connectivity index (χ1v) is 34.2. The summed E-state index contributed by atoms with van der Waals surface area (Å²) < 4.78 is 94.1. The average molecular weight is 1480 g/mol. The number of carbonyl (C=O) groups is 11. The van der Waals surface area contributed by atoms with Crippen LogP contribution in [0.3, 0.4) is 0 Å². The highest BCUT2D eigenvalue weighted by molar-refractivity contribution is 6.22. The van der Waals surface area contributed by atoms with E-state index >= 15 is 9.59 Å². The van der Waals surface area contributed by atoms with Crippen LogP contribution in [-0.2, 0) is 111 Å². The van der Waals surface area contributed by atoms with E-state index in [0.717, 1.165) is 25.7 Å². The third-order valence-electron chi connectivity index (χ3n) is 17.8. The van der Waals surface area contributed by atoms with E-state index in [9.17, 15) is 63.6 Å². The molecular weight excluding hydrogens is 1380 g/mol. The Labute approximate surface area is 605 Å². The van der Waals surface area contributed by atoms with Crippen molar-refractivity contribution in [2.75, 3.05) is 26.4 Å². The number of aliphatic hydroxyl groups excluding tert-OH is 4. The highest BCUT2D eigenvalue weighted by Gasteiger charge is 2.63. The van der Waals surface area contributed by atoms with Gasteiger partial charge in [-0.2, -0.15) is 0 Å². The van der Waals surface area contributed by atoms with Gasteiger partial charge in [0.15, 0.2) is 43.5 Å². The number of amides is 4. The monoisotopic (exact) mass is 1480 g/mol. The topological polar surface area (TPSA) is 414 Å². The Hall–Kier alpha value is -8.25. The fourth-order valence-corrected chi connectivity index (χ4v) is 12.3. The number of ether oxygens (including phenoxy) is 15. The summed E-state index contributed by atoms with van der Waals surface area (Å²) in [5, 5.41) is 47.4. The minimum atomic E-state index is -2.38. The molecule has 4 N–H and O–H groups in total. The predicted molar refractivity (Wildman–Crippen MR) is 354 cm³/mol. The minimum Gasteiger partial charge on any atom is -0.462 e. The summed E-state index contributed by atoms with van der Waals surface area (Å²) in [5.41, 5.74) is -4.82. The number of hydrogen-bond donors (Lipinski definition) is 4. The molecule has 20 atom stereocenters. The van der Waals surface area contributed by atoms with Crippen LogP contribution < -0.4 is 0 Å². The number of imide groups is 2. The molecule has 9 rings (SSSR count). The zero-order valence-corrected chi connectivity index (χ0v) is 60.9. The van der Waals surface area contributed by atoms with Crippen molar-refractivity contribution < 1.29 is 144 Å². The van der Waals surface area contributed by atoms with Gasteiger partial charge < -0.3 is 91.5 Å². The molecule has 3 aromatic carbocycles. The molecule has 32 heteroatoms. The van der Waals surface area contributed by atoms with Crippen molar-refractivity contribution in [3.05, 3.63) is 107 Å². The van der Waals surface area contributed by atoms with E-state index in [4.69, 9.17) is 71.1 Å². The third-order valence-corrected chi connectivity index (χ3v) is 17.8. The van der Waals surface area contributed by atoms with Crippen LogP contribution in [0.4, 0.5) is 0 Å². The van der Waals surface area contributed by atoms with Gasteiger partial charge in [0.05, 0.1) is 50.5 Å². The summed E-state index contributed by atoms with van der Waals surface area (Å²) in [6.07, 6.45) is -37.2. The van der Waals surface area contributed by atoms with Crippen molar-refractivity contribution in [3.8, 4) is 0 Å². The maximum Gasteiger partial charge on any atom is 0.311 e. The standard InChI is InChI=1S/C73H92N2O30/c1-34(76)96-54-46(74-58(83)38-25-19-20-26-39(38)59(74)84)62(91-29-37-23-17-16-18-24-37)101-44(32-94-68(89)72(10,11)12)53(54)104-65-57(98-36(3)78)56(49(80)43(100-65)31-93-67(88)71(7,8)9)105-63-47(75-60(85)40-27-21-22-28-41(40)61(75)86)55(97-35(2)77)52(45(102-63)33-95-69(90)73(13,14)15)103-64-51(82)50(81)48(79)42(99-64)30-92-66(87)70(4,5)6/h16-28,42-57,62-65,79-82H,29-33H2,1-15H3/t42-,43-,44-,45-,46-,47-,48+,49+,50+,51-,52-,53-,54-,55-,56+,57-,62-,63+,64+,65+/m1/s1. The van der Waals surface area contributed by atoms with Crippen LogP contribution >= 0.6 is 0 Å². The van der Waals surface area contributed by atoms with Crippen LogP contribution in [0.2, 0.25) is 0 Å². The zero-order valence-electron chi connectivity index (χ0n) is 60.9. The molecule has 4 fully saturated rings. The molecule has 4 amide bonds. The zero-order chi connectivity index (χ0) is 77.3. The van der Waals surface area contributed by atoms with Crippen LogP contribution in [0, 0.1) is 21.7 Å². The van der Waals surface area contributed by atoms with Crippen molar-refractivity contribution >= 4 is 65.4 Å². The molecule has 0 spiro atoms. The van der Waals surface area contributed by atoms with Gasteiger partial charge in [-0.1, -0.05) is 54.6 Å². The molecule has 6 aliphatic heterocycles. The quantitative estimate of drug-likeness (QED) is 0.0637. The molecule has 4 saturated heterocycles. The van der Waals surface area contributed by atoms with Crippen LogP contribution in [-0.4, -0.2) is 245 Å². The highest BCUT2D eigenvalue weighted by atomic mass is 16.8.